The number of nitrogens with one attached hydrogen (secondary N) is 4. The Kier molecular flexibility index (Phi) is 11.5. The van der Waals surface area contributed by atoms with Crippen LogP contribution in [0.3, 0.4) is 0 Å². The molecule has 1 fully saturated rings. The number of aliphatic imine (C=N–C) groups is 1. The zero-order chi connectivity index (χ0) is 20.4. The summed E-state index contributed by atoms with van der Waals surface area (Å²) in [6.07, 6.45) is 4.14. The molecule has 10 heteroatoms. The van der Waals surface area contributed by atoms with Gasteiger partial charge >= 0.3 is 0 Å². The number of nitrogens with zero attached hydrogens (tertiary/aromatic N) is 1. The highest BCUT2D eigenvalue weighted by molar-refractivity contribution is 14.0. The fourth-order valence-electron chi connectivity index (χ4n) is 2.88. The lowest BCUT2D eigenvalue weighted by Gasteiger charge is -2.25. The molecule has 0 aliphatic heterocycles. The molecular formula is C19H32IN5O3S. The van der Waals surface area contributed by atoms with Crippen LogP contribution in [0.4, 0.5) is 0 Å². The van der Waals surface area contributed by atoms with Crippen molar-refractivity contribution in [3.8, 4) is 0 Å². The van der Waals surface area contributed by atoms with Crippen LogP contribution in [0.1, 0.15) is 35.2 Å². The lowest BCUT2D eigenvalue weighted by Crippen LogP contribution is -2.42. The van der Waals surface area contributed by atoms with Crippen molar-refractivity contribution in [1.82, 2.24) is 20.7 Å². The number of carbonyl (C=O) groups excluding carboxylic acids is 1. The summed E-state index contributed by atoms with van der Waals surface area (Å²) in [6, 6.07) is 7.45. The highest BCUT2D eigenvalue weighted by atomic mass is 127. The standard InChI is InChI=1S/C19H31N5O3S.HI/c1-20-18(25)17-8-4-5-15(13-17)9-10-22-19(21-2)23-11-12-28(26,27)24-14-16-6-3-7-16;/h4-5,8,13,16,24H,3,6-7,9-12,14H2,1-2H3,(H,20,25)(H2,21,22,23);1H. The van der Waals surface area contributed by atoms with Gasteiger partial charge in [0.15, 0.2) is 5.96 Å². The van der Waals surface area contributed by atoms with Crippen LogP contribution in [-0.4, -0.2) is 59.8 Å². The number of hydrogen-bond donors (Lipinski definition) is 4. The second-order valence-corrected chi connectivity index (χ2v) is 8.85. The molecule has 0 unspecified atom stereocenters. The van der Waals surface area contributed by atoms with Gasteiger partial charge in [-0.3, -0.25) is 9.79 Å². The summed E-state index contributed by atoms with van der Waals surface area (Å²) in [4.78, 5) is 15.8. The van der Waals surface area contributed by atoms with Crippen LogP contribution in [0.15, 0.2) is 29.3 Å². The molecule has 164 valence electrons. The minimum absolute atomic E-state index is 0. The Hall–Kier alpha value is -1.40. The molecule has 1 aliphatic rings. The molecule has 1 saturated carbocycles. The first kappa shape index (κ1) is 25.6. The molecule has 0 radical (unpaired) electrons. The molecule has 2 rings (SSSR count). The minimum Gasteiger partial charge on any atom is -0.356 e. The Morgan fingerprint density at radius 3 is 2.55 bits per heavy atom. The maximum absolute atomic E-state index is 12.0. The predicted octanol–water partition coefficient (Wildman–Crippen LogP) is 1.09. The second kappa shape index (κ2) is 13.0. The fourth-order valence-corrected chi connectivity index (χ4v) is 3.88. The largest absolute Gasteiger partial charge is 0.356 e. The van der Waals surface area contributed by atoms with Crippen molar-refractivity contribution >= 4 is 45.9 Å². The number of halogens is 1. The van der Waals surface area contributed by atoms with Gasteiger partial charge in [0.25, 0.3) is 5.91 Å². The van der Waals surface area contributed by atoms with Gasteiger partial charge in [0.05, 0.1) is 5.75 Å². The molecule has 4 N–H and O–H groups in total. The lowest BCUT2D eigenvalue weighted by molar-refractivity contribution is 0.0963. The minimum atomic E-state index is -3.27. The normalized spacial score (nSPS) is 14.5. The molecule has 1 aromatic carbocycles. The Labute approximate surface area is 190 Å². The Balaban J connectivity index is 0.00000420. The summed E-state index contributed by atoms with van der Waals surface area (Å²) in [6.45, 7) is 1.44. The summed E-state index contributed by atoms with van der Waals surface area (Å²) < 4.78 is 26.7. The Morgan fingerprint density at radius 1 is 1.21 bits per heavy atom. The van der Waals surface area contributed by atoms with Gasteiger partial charge in [-0.15, -0.1) is 24.0 Å². The number of hydrogen-bond acceptors (Lipinski definition) is 4. The number of benzene rings is 1. The van der Waals surface area contributed by atoms with E-state index in [9.17, 15) is 13.2 Å². The van der Waals surface area contributed by atoms with E-state index >= 15 is 0 Å². The topological polar surface area (TPSA) is 112 Å². The van der Waals surface area contributed by atoms with Crippen molar-refractivity contribution in [1.29, 1.82) is 0 Å². The van der Waals surface area contributed by atoms with Gasteiger partial charge in [0.2, 0.25) is 10.0 Å². The summed E-state index contributed by atoms with van der Waals surface area (Å²) in [5, 5.41) is 8.79. The van der Waals surface area contributed by atoms with Gasteiger partial charge < -0.3 is 16.0 Å². The molecule has 29 heavy (non-hydrogen) atoms. The maximum atomic E-state index is 12.0. The summed E-state index contributed by atoms with van der Waals surface area (Å²) in [7, 11) is -0.0187. The first-order valence-corrected chi connectivity index (χ1v) is 11.3. The molecule has 8 nitrogen and oxygen atoms in total. The van der Waals surface area contributed by atoms with E-state index in [1.54, 1.807) is 20.2 Å². The Bertz CT molecular complexity index is 782. The van der Waals surface area contributed by atoms with Gasteiger partial charge in [-0.05, 0) is 42.9 Å². The van der Waals surface area contributed by atoms with E-state index in [1.165, 1.54) is 6.42 Å². The molecule has 1 aromatic rings. The van der Waals surface area contributed by atoms with Crippen LogP contribution in [0.25, 0.3) is 0 Å². The SMILES string of the molecule is CN=C(NCCc1cccc(C(=O)NC)c1)NCCS(=O)(=O)NCC1CCC1.I. The van der Waals surface area contributed by atoms with Crippen LogP contribution in [-0.2, 0) is 16.4 Å². The van der Waals surface area contributed by atoms with Crippen LogP contribution in [0.5, 0.6) is 0 Å². The molecule has 0 spiro atoms. The number of sulfonamides is 1. The summed E-state index contributed by atoms with van der Waals surface area (Å²) in [5.74, 6) is 0.948. The third-order valence-corrected chi connectivity index (χ3v) is 6.17. The van der Waals surface area contributed by atoms with Crippen molar-refractivity contribution in [3.05, 3.63) is 35.4 Å². The third kappa shape index (κ3) is 9.30. The van der Waals surface area contributed by atoms with E-state index < -0.39 is 10.0 Å². The van der Waals surface area contributed by atoms with Crippen LogP contribution in [0, 0.1) is 5.92 Å². The van der Waals surface area contributed by atoms with E-state index in [0.717, 1.165) is 18.4 Å². The zero-order valence-electron chi connectivity index (χ0n) is 17.0. The molecular weight excluding hydrogens is 505 g/mol. The van der Waals surface area contributed by atoms with Crippen LogP contribution < -0.4 is 20.7 Å². The van der Waals surface area contributed by atoms with Crippen LogP contribution in [0.2, 0.25) is 0 Å². The van der Waals surface area contributed by atoms with E-state index in [-0.39, 0.29) is 42.2 Å². The van der Waals surface area contributed by atoms with Crippen LogP contribution >= 0.6 is 24.0 Å². The maximum Gasteiger partial charge on any atom is 0.251 e. The highest BCUT2D eigenvalue weighted by Crippen LogP contribution is 2.25. The van der Waals surface area contributed by atoms with Gasteiger partial charge in [0, 0.05) is 39.3 Å². The van der Waals surface area contributed by atoms with Gasteiger partial charge in [-0.25, -0.2) is 13.1 Å². The number of carbonyl (C=O) groups is 1. The van der Waals surface area contributed by atoms with Gasteiger partial charge in [0.1, 0.15) is 0 Å². The van der Waals surface area contributed by atoms with E-state index in [4.69, 9.17) is 0 Å². The lowest BCUT2D eigenvalue weighted by atomic mass is 9.86. The first-order valence-electron chi connectivity index (χ1n) is 9.66. The molecule has 0 aromatic heterocycles. The van der Waals surface area contributed by atoms with E-state index in [0.29, 0.717) is 37.0 Å². The average Bonchev–Trinajstić information content (AvgIpc) is 2.65. The predicted molar refractivity (Wildman–Crippen MR) is 127 cm³/mol. The van der Waals surface area contributed by atoms with Crippen molar-refractivity contribution in [2.75, 3.05) is 39.5 Å². The quantitative estimate of drug-likeness (QED) is 0.203. The monoisotopic (exact) mass is 537 g/mol. The third-order valence-electron chi connectivity index (χ3n) is 4.83. The molecule has 0 atom stereocenters. The van der Waals surface area contributed by atoms with Crippen molar-refractivity contribution in [3.63, 3.8) is 0 Å². The van der Waals surface area contributed by atoms with Gasteiger partial charge in [-0.2, -0.15) is 0 Å². The van der Waals surface area contributed by atoms with Crippen molar-refractivity contribution < 1.29 is 13.2 Å². The first-order chi connectivity index (χ1) is 13.4. The number of rotatable bonds is 10. The average molecular weight is 537 g/mol. The zero-order valence-corrected chi connectivity index (χ0v) is 20.2. The molecule has 0 saturated heterocycles. The van der Waals surface area contributed by atoms with Gasteiger partial charge in [-0.1, -0.05) is 18.6 Å². The fraction of sp³-hybridized carbons (Fsp3) is 0.579. The highest BCUT2D eigenvalue weighted by Gasteiger charge is 2.20. The second-order valence-electron chi connectivity index (χ2n) is 6.92. The van der Waals surface area contributed by atoms with Crippen molar-refractivity contribution in [2.45, 2.75) is 25.7 Å². The summed E-state index contributed by atoms with van der Waals surface area (Å²) >= 11 is 0. The van der Waals surface area contributed by atoms with E-state index in [2.05, 4.69) is 25.7 Å². The molecule has 1 aliphatic carbocycles. The number of guanidine groups is 1. The van der Waals surface area contributed by atoms with Crippen molar-refractivity contribution in [2.24, 2.45) is 10.9 Å². The smallest absolute Gasteiger partial charge is 0.251 e. The van der Waals surface area contributed by atoms with E-state index in [1.807, 2.05) is 18.2 Å². The number of amides is 1. The summed E-state index contributed by atoms with van der Waals surface area (Å²) in [5.41, 5.74) is 1.66. The molecule has 0 heterocycles. The molecule has 0 bridgehead atoms. The Morgan fingerprint density at radius 2 is 1.93 bits per heavy atom. The molecule has 1 amide bonds.